The Balaban J connectivity index is 2.67. The number of urea groups is 1. The van der Waals surface area contributed by atoms with E-state index >= 15 is 0 Å². The van der Waals surface area contributed by atoms with Gasteiger partial charge in [-0.15, -0.1) is 0 Å². The number of aliphatic hydroxyl groups is 1. The van der Waals surface area contributed by atoms with Crippen LogP contribution in [-0.2, 0) is 0 Å². The van der Waals surface area contributed by atoms with Crippen molar-refractivity contribution in [2.75, 3.05) is 18.9 Å². The van der Waals surface area contributed by atoms with Crippen molar-refractivity contribution in [1.29, 1.82) is 0 Å². The van der Waals surface area contributed by atoms with Crippen LogP contribution in [0.1, 0.15) is 32.4 Å². The molecule has 4 heteroatoms. The van der Waals surface area contributed by atoms with Gasteiger partial charge < -0.3 is 15.3 Å². The van der Waals surface area contributed by atoms with Gasteiger partial charge in [-0.1, -0.05) is 26.0 Å². The van der Waals surface area contributed by atoms with Crippen LogP contribution in [0.5, 0.6) is 0 Å². The van der Waals surface area contributed by atoms with E-state index in [2.05, 4.69) is 19.2 Å². The maximum atomic E-state index is 11.9. The number of hydrogen-bond donors (Lipinski definition) is 2. The van der Waals surface area contributed by atoms with Crippen LogP contribution in [0.2, 0.25) is 0 Å². The number of benzene rings is 1. The van der Waals surface area contributed by atoms with Gasteiger partial charge in [-0.25, -0.2) is 4.79 Å². The van der Waals surface area contributed by atoms with E-state index in [1.54, 1.807) is 24.9 Å². The Hall–Kier alpha value is -1.55. The third-order valence-electron chi connectivity index (χ3n) is 2.61. The smallest absolute Gasteiger partial charge is 0.321 e. The predicted octanol–water partition coefficient (Wildman–Crippen LogP) is 2.86. The first-order valence-corrected chi connectivity index (χ1v) is 6.20. The summed E-state index contributed by atoms with van der Waals surface area (Å²) in [6, 6.07) is 7.11. The van der Waals surface area contributed by atoms with Gasteiger partial charge >= 0.3 is 6.03 Å². The van der Waals surface area contributed by atoms with Crippen molar-refractivity contribution in [3.05, 3.63) is 29.8 Å². The minimum atomic E-state index is -0.532. The van der Waals surface area contributed by atoms with E-state index in [-0.39, 0.29) is 6.03 Å². The Kier molecular flexibility index (Phi) is 5.16. The number of carbonyl (C=O) groups is 1. The molecule has 2 amide bonds. The predicted molar refractivity (Wildman–Crippen MR) is 73.6 cm³/mol. The van der Waals surface area contributed by atoms with E-state index in [4.69, 9.17) is 0 Å². The second-order valence-corrected chi connectivity index (χ2v) is 5.01. The van der Waals surface area contributed by atoms with E-state index in [1.807, 2.05) is 18.2 Å². The minimum absolute atomic E-state index is 0.133. The van der Waals surface area contributed by atoms with Crippen molar-refractivity contribution < 1.29 is 9.90 Å². The molecule has 0 spiro atoms. The molecule has 0 saturated heterocycles. The summed E-state index contributed by atoms with van der Waals surface area (Å²) >= 11 is 0. The maximum Gasteiger partial charge on any atom is 0.321 e. The molecule has 0 aliphatic rings. The van der Waals surface area contributed by atoms with Crippen molar-refractivity contribution in [1.82, 2.24) is 4.90 Å². The van der Waals surface area contributed by atoms with Crippen LogP contribution in [-0.4, -0.2) is 29.6 Å². The summed E-state index contributed by atoms with van der Waals surface area (Å²) in [6.07, 6.45) is -0.532. The number of anilines is 1. The van der Waals surface area contributed by atoms with Crippen LogP contribution in [0.3, 0.4) is 0 Å². The Morgan fingerprint density at radius 3 is 2.61 bits per heavy atom. The molecule has 1 rings (SSSR count). The van der Waals surface area contributed by atoms with Crippen molar-refractivity contribution in [3.63, 3.8) is 0 Å². The highest BCUT2D eigenvalue weighted by Crippen LogP contribution is 2.17. The lowest BCUT2D eigenvalue weighted by atomic mass is 10.1. The fourth-order valence-electron chi connectivity index (χ4n) is 1.73. The summed E-state index contributed by atoms with van der Waals surface area (Å²) < 4.78 is 0. The Morgan fingerprint density at radius 1 is 1.39 bits per heavy atom. The Labute approximate surface area is 109 Å². The van der Waals surface area contributed by atoms with Crippen LogP contribution in [0.15, 0.2) is 24.3 Å². The molecule has 100 valence electrons. The van der Waals surface area contributed by atoms with Gasteiger partial charge in [-0.05, 0) is 30.5 Å². The summed E-state index contributed by atoms with van der Waals surface area (Å²) in [7, 11) is 1.77. The van der Waals surface area contributed by atoms with Crippen molar-refractivity contribution in [2.45, 2.75) is 26.9 Å². The summed E-state index contributed by atoms with van der Waals surface area (Å²) in [5.74, 6) is 0.435. The van der Waals surface area contributed by atoms with Gasteiger partial charge in [0.05, 0.1) is 6.10 Å². The SMILES string of the molecule is CC(C)CN(C)C(=O)Nc1cccc(C(C)O)c1. The average molecular weight is 250 g/mol. The first kappa shape index (κ1) is 14.5. The molecule has 0 aromatic heterocycles. The summed E-state index contributed by atoms with van der Waals surface area (Å²) in [5, 5.41) is 12.3. The molecular weight excluding hydrogens is 228 g/mol. The molecule has 4 nitrogen and oxygen atoms in total. The molecule has 0 fully saturated rings. The molecule has 0 radical (unpaired) electrons. The lowest BCUT2D eigenvalue weighted by Gasteiger charge is -2.20. The summed E-state index contributed by atoms with van der Waals surface area (Å²) in [5.41, 5.74) is 1.49. The quantitative estimate of drug-likeness (QED) is 0.863. The molecule has 2 N–H and O–H groups in total. The molecule has 0 aliphatic carbocycles. The number of nitrogens with zero attached hydrogens (tertiary/aromatic N) is 1. The van der Waals surface area contributed by atoms with Gasteiger partial charge in [0.2, 0.25) is 0 Å². The molecule has 1 aromatic carbocycles. The largest absolute Gasteiger partial charge is 0.389 e. The van der Waals surface area contributed by atoms with Crippen molar-refractivity contribution in [2.24, 2.45) is 5.92 Å². The lowest BCUT2D eigenvalue weighted by molar-refractivity contribution is 0.199. The van der Waals surface area contributed by atoms with Gasteiger partial charge in [0, 0.05) is 19.3 Å². The standard InChI is InChI=1S/C14H22N2O2/c1-10(2)9-16(4)14(18)15-13-7-5-6-12(8-13)11(3)17/h5-8,10-11,17H,9H2,1-4H3,(H,15,18). The fraction of sp³-hybridized carbons (Fsp3) is 0.500. The highest BCUT2D eigenvalue weighted by molar-refractivity contribution is 5.89. The van der Waals surface area contributed by atoms with Crippen molar-refractivity contribution >= 4 is 11.7 Å². The number of amides is 2. The van der Waals surface area contributed by atoms with E-state index in [1.165, 1.54) is 0 Å². The fourth-order valence-corrected chi connectivity index (χ4v) is 1.73. The molecule has 1 aromatic rings. The molecule has 18 heavy (non-hydrogen) atoms. The highest BCUT2D eigenvalue weighted by atomic mass is 16.3. The van der Waals surface area contributed by atoms with Gasteiger partial charge in [0.1, 0.15) is 0 Å². The molecule has 1 unspecified atom stereocenters. The number of rotatable bonds is 4. The van der Waals surface area contributed by atoms with Gasteiger partial charge in [-0.2, -0.15) is 0 Å². The molecular formula is C14H22N2O2. The van der Waals surface area contributed by atoms with E-state index in [0.717, 1.165) is 5.56 Å². The second-order valence-electron chi connectivity index (χ2n) is 5.01. The van der Waals surface area contributed by atoms with Crippen LogP contribution in [0.25, 0.3) is 0 Å². The Bertz CT molecular complexity index is 403. The number of hydrogen-bond acceptors (Lipinski definition) is 2. The number of carbonyl (C=O) groups excluding carboxylic acids is 1. The highest BCUT2D eigenvalue weighted by Gasteiger charge is 2.10. The third-order valence-corrected chi connectivity index (χ3v) is 2.61. The van der Waals surface area contributed by atoms with Crippen molar-refractivity contribution in [3.8, 4) is 0 Å². The number of nitrogens with one attached hydrogen (secondary N) is 1. The topological polar surface area (TPSA) is 52.6 Å². The second kappa shape index (κ2) is 6.40. The normalized spacial score (nSPS) is 12.3. The van der Waals surface area contributed by atoms with E-state index in [0.29, 0.717) is 18.2 Å². The minimum Gasteiger partial charge on any atom is -0.389 e. The Morgan fingerprint density at radius 2 is 2.06 bits per heavy atom. The first-order chi connectivity index (χ1) is 8.40. The van der Waals surface area contributed by atoms with Crippen LogP contribution >= 0.6 is 0 Å². The zero-order chi connectivity index (χ0) is 13.7. The molecule has 1 atom stereocenters. The molecule has 0 aliphatic heterocycles. The van der Waals surface area contributed by atoms with Crippen LogP contribution in [0, 0.1) is 5.92 Å². The van der Waals surface area contributed by atoms with E-state index < -0.39 is 6.10 Å². The monoisotopic (exact) mass is 250 g/mol. The zero-order valence-electron chi connectivity index (χ0n) is 11.5. The van der Waals surface area contributed by atoms with Gasteiger partial charge in [0.25, 0.3) is 0 Å². The third kappa shape index (κ3) is 4.37. The van der Waals surface area contributed by atoms with Crippen LogP contribution < -0.4 is 5.32 Å². The zero-order valence-corrected chi connectivity index (χ0v) is 11.5. The first-order valence-electron chi connectivity index (χ1n) is 6.20. The van der Waals surface area contributed by atoms with E-state index in [9.17, 15) is 9.90 Å². The van der Waals surface area contributed by atoms with Gasteiger partial charge in [-0.3, -0.25) is 0 Å². The van der Waals surface area contributed by atoms with Crippen LogP contribution in [0.4, 0.5) is 10.5 Å². The molecule has 0 heterocycles. The lowest BCUT2D eigenvalue weighted by Crippen LogP contribution is -2.34. The van der Waals surface area contributed by atoms with Gasteiger partial charge in [0.15, 0.2) is 0 Å². The number of aliphatic hydroxyl groups excluding tert-OH is 1. The molecule has 0 bridgehead atoms. The summed E-state index contributed by atoms with van der Waals surface area (Å²) in [6.45, 7) is 6.55. The maximum absolute atomic E-state index is 11.9. The average Bonchev–Trinajstić information content (AvgIpc) is 2.28. The summed E-state index contributed by atoms with van der Waals surface area (Å²) in [4.78, 5) is 13.5. The molecule has 0 saturated carbocycles.